The van der Waals surface area contributed by atoms with Crippen LogP contribution in [0.4, 0.5) is 0 Å². The van der Waals surface area contributed by atoms with Crippen LogP contribution >= 0.6 is 11.3 Å². The molecule has 2 unspecified atom stereocenters. The fourth-order valence-corrected chi connectivity index (χ4v) is 4.53. The van der Waals surface area contributed by atoms with Crippen LogP contribution in [0.2, 0.25) is 0 Å². The average Bonchev–Trinajstić information content (AvgIpc) is 3.17. The minimum Gasteiger partial charge on any atom is -0.466 e. The van der Waals surface area contributed by atoms with E-state index in [0.717, 1.165) is 17.4 Å². The molecule has 3 heteroatoms. The van der Waals surface area contributed by atoms with E-state index in [-0.39, 0.29) is 0 Å². The third-order valence-corrected chi connectivity index (χ3v) is 5.65. The standard InChI is InChI=1S/C18H25NOS/c1-12-11-16(14(3)20-12)13(2)19-18(15-7-4-5-8-15)17-9-6-10-21-17/h6,9-11,13,15,18-19H,4-5,7-8H2,1-3H3. The molecule has 2 nitrogen and oxygen atoms in total. The zero-order chi connectivity index (χ0) is 14.8. The summed E-state index contributed by atoms with van der Waals surface area (Å²) in [6.45, 7) is 6.35. The van der Waals surface area contributed by atoms with E-state index in [0.29, 0.717) is 12.1 Å². The van der Waals surface area contributed by atoms with E-state index in [4.69, 9.17) is 4.42 Å². The van der Waals surface area contributed by atoms with Gasteiger partial charge in [0.05, 0.1) is 0 Å². The Morgan fingerprint density at radius 3 is 2.62 bits per heavy atom. The highest BCUT2D eigenvalue weighted by molar-refractivity contribution is 7.10. The van der Waals surface area contributed by atoms with Gasteiger partial charge in [-0.25, -0.2) is 0 Å². The van der Waals surface area contributed by atoms with Gasteiger partial charge in [-0.05, 0) is 57.0 Å². The quantitative estimate of drug-likeness (QED) is 0.784. The molecule has 2 atom stereocenters. The number of aryl methyl sites for hydroxylation is 2. The van der Waals surface area contributed by atoms with Crippen LogP contribution in [0.5, 0.6) is 0 Å². The maximum Gasteiger partial charge on any atom is 0.105 e. The second-order valence-corrected chi connectivity index (χ2v) is 7.27. The van der Waals surface area contributed by atoms with Crippen LogP contribution in [-0.4, -0.2) is 0 Å². The van der Waals surface area contributed by atoms with E-state index in [1.807, 2.05) is 18.3 Å². The fraction of sp³-hybridized carbons (Fsp3) is 0.556. The summed E-state index contributed by atoms with van der Waals surface area (Å²) in [5, 5.41) is 6.07. The van der Waals surface area contributed by atoms with Crippen molar-refractivity contribution in [3.8, 4) is 0 Å². The van der Waals surface area contributed by atoms with Gasteiger partial charge in [0.2, 0.25) is 0 Å². The summed E-state index contributed by atoms with van der Waals surface area (Å²) in [4.78, 5) is 1.48. The Hall–Kier alpha value is -1.06. The number of hydrogen-bond donors (Lipinski definition) is 1. The third-order valence-electron chi connectivity index (χ3n) is 4.70. The summed E-state index contributed by atoms with van der Waals surface area (Å²) in [6, 6.07) is 7.43. The Kier molecular flexibility index (Phi) is 4.51. The molecule has 0 spiro atoms. The van der Waals surface area contributed by atoms with Crippen molar-refractivity contribution in [1.82, 2.24) is 5.32 Å². The zero-order valence-electron chi connectivity index (χ0n) is 13.2. The fourth-order valence-electron chi connectivity index (χ4n) is 3.65. The first-order valence-corrected chi connectivity index (χ1v) is 8.89. The van der Waals surface area contributed by atoms with E-state index < -0.39 is 0 Å². The molecule has 0 amide bonds. The smallest absolute Gasteiger partial charge is 0.105 e. The predicted octanol–water partition coefficient (Wildman–Crippen LogP) is 5.54. The SMILES string of the molecule is Cc1cc(C(C)NC(c2cccs2)C2CCCC2)c(C)o1. The van der Waals surface area contributed by atoms with Crippen molar-refractivity contribution in [2.75, 3.05) is 0 Å². The maximum absolute atomic E-state index is 5.70. The van der Waals surface area contributed by atoms with Crippen molar-refractivity contribution in [3.63, 3.8) is 0 Å². The topological polar surface area (TPSA) is 25.2 Å². The average molecular weight is 303 g/mol. The van der Waals surface area contributed by atoms with Crippen LogP contribution in [0.1, 0.15) is 66.7 Å². The van der Waals surface area contributed by atoms with Crippen LogP contribution < -0.4 is 5.32 Å². The Bertz CT molecular complexity index is 566. The summed E-state index contributed by atoms with van der Waals surface area (Å²) < 4.78 is 5.70. The molecular weight excluding hydrogens is 278 g/mol. The van der Waals surface area contributed by atoms with Gasteiger partial charge < -0.3 is 9.73 Å². The largest absolute Gasteiger partial charge is 0.466 e. The van der Waals surface area contributed by atoms with E-state index in [1.54, 1.807) is 0 Å². The highest BCUT2D eigenvalue weighted by Gasteiger charge is 2.29. The molecule has 0 aliphatic heterocycles. The van der Waals surface area contributed by atoms with Crippen LogP contribution in [0.3, 0.4) is 0 Å². The second-order valence-electron chi connectivity index (χ2n) is 6.29. The lowest BCUT2D eigenvalue weighted by molar-refractivity contribution is 0.341. The predicted molar refractivity (Wildman–Crippen MR) is 88.8 cm³/mol. The van der Waals surface area contributed by atoms with E-state index in [2.05, 4.69) is 42.7 Å². The molecule has 3 rings (SSSR count). The number of hydrogen-bond acceptors (Lipinski definition) is 3. The van der Waals surface area contributed by atoms with Crippen LogP contribution in [0, 0.1) is 19.8 Å². The molecule has 0 radical (unpaired) electrons. The number of rotatable bonds is 5. The lowest BCUT2D eigenvalue weighted by Crippen LogP contribution is -2.29. The van der Waals surface area contributed by atoms with Crippen LogP contribution in [0.25, 0.3) is 0 Å². The summed E-state index contributed by atoms with van der Waals surface area (Å²) in [7, 11) is 0. The van der Waals surface area contributed by atoms with Gasteiger partial charge in [-0.1, -0.05) is 18.9 Å². The summed E-state index contributed by atoms with van der Waals surface area (Å²) in [5.41, 5.74) is 1.30. The molecule has 1 aliphatic carbocycles. The lowest BCUT2D eigenvalue weighted by atomic mass is 9.95. The summed E-state index contributed by atoms with van der Waals surface area (Å²) in [5.74, 6) is 2.83. The third kappa shape index (κ3) is 3.24. The summed E-state index contributed by atoms with van der Waals surface area (Å²) >= 11 is 1.88. The molecule has 2 heterocycles. The van der Waals surface area contributed by atoms with Crippen LogP contribution in [-0.2, 0) is 0 Å². The molecule has 1 N–H and O–H groups in total. The molecule has 0 bridgehead atoms. The number of nitrogens with one attached hydrogen (secondary N) is 1. The highest BCUT2D eigenvalue weighted by atomic mass is 32.1. The molecule has 1 fully saturated rings. The Morgan fingerprint density at radius 2 is 2.05 bits per heavy atom. The molecule has 0 saturated heterocycles. The van der Waals surface area contributed by atoms with Gasteiger partial charge >= 0.3 is 0 Å². The molecule has 1 aliphatic rings. The maximum atomic E-state index is 5.70. The van der Waals surface area contributed by atoms with Crippen molar-refractivity contribution in [2.45, 2.75) is 58.5 Å². The van der Waals surface area contributed by atoms with E-state index >= 15 is 0 Å². The number of furan rings is 1. The van der Waals surface area contributed by atoms with Crippen LogP contribution in [0.15, 0.2) is 28.0 Å². The van der Waals surface area contributed by atoms with Crippen molar-refractivity contribution < 1.29 is 4.42 Å². The van der Waals surface area contributed by atoms with Gasteiger partial charge in [0, 0.05) is 22.5 Å². The van der Waals surface area contributed by atoms with Crippen molar-refractivity contribution >= 4 is 11.3 Å². The zero-order valence-corrected chi connectivity index (χ0v) is 14.0. The molecule has 2 aromatic rings. The lowest BCUT2D eigenvalue weighted by Gasteiger charge is -2.27. The molecule has 1 saturated carbocycles. The first-order chi connectivity index (χ1) is 10.1. The first kappa shape index (κ1) is 14.9. The normalized spacial score (nSPS) is 19.0. The number of thiophene rings is 1. The Morgan fingerprint density at radius 1 is 1.29 bits per heavy atom. The summed E-state index contributed by atoms with van der Waals surface area (Å²) in [6.07, 6.45) is 5.47. The molecule has 2 aromatic heterocycles. The minimum atomic E-state index is 0.329. The molecule has 0 aromatic carbocycles. The van der Waals surface area contributed by atoms with Gasteiger partial charge in [-0.2, -0.15) is 0 Å². The van der Waals surface area contributed by atoms with Gasteiger partial charge in [-0.3, -0.25) is 0 Å². The molecular formula is C18H25NOS. The molecule has 21 heavy (non-hydrogen) atoms. The van der Waals surface area contributed by atoms with E-state index in [1.165, 1.54) is 36.1 Å². The van der Waals surface area contributed by atoms with E-state index in [9.17, 15) is 0 Å². The second kappa shape index (κ2) is 6.37. The van der Waals surface area contributed by atoms with Gasteiger partial charge in [0.1, 0.15) is 11.5 Å². The van der Waals surface area contributed by atoms with Gasteiger partial charge in [0.15, 0.2) is 0 Å². The molecule has 114 valence electrons. The van der Waals surface area contributed by atoms with Gasteiger partial charge in [-0.15, -0.1) is 11.3 Å². The minimum absolute atomic E-state index is 0.329. The van der Waals surface area contributed by atoms with Crippen molar-refractivity contribution in [3.05, 3.63) is 45.5 Å². The monoisotopic (exact) mass is 303 g/mol. The Balaban J connectivity index is 1.79. The van der Waals surface area contributed by atoms with Gasteiger partial charge in [0.25, 0.3) is 0 Å². The highest BCUT2D eigenvalue weighted by Crippen LogP contribution is 2.39. The van der Waals surface area contributed by atoms with Crippen molar-refractivity contribution in [1.29, 1.82) is 0 Å². The first-order valence-electron chi connectivity index (χ1n) is 8.01. The van der Waals surface area contributed by atoms with Crippen molar-refractivity contribution in [2.24, 2.45) is 5.92 Å². The Labute approximate surface area is 131 Å².